The molecule has 0 saturated heterocycles. The quantitative estimate of drug-likeness (QED) is 0.753. The Kier molecular flexibility index (Phi) is 2.52. The summed E-state index contributed by atoms with van der Waals surface area (Å²) in [7, 11) is 1.70. The molecule has 0 aromatic heterocycles. The van der Waals surface area contributed by atoms with Crippen LogP contribution in [-0.4, -0.2) is 19.1 Å². The standard InChI is InChI=1S/C12H15F3N2/c1-11(2)7-16-9-6-4-5-8(12(13,14)15)10(9)17(11)3/h4-6,16H,7H2,1-3H3. The molecule has 2 rings (SSSR count). The number of nitrogens with one attached hydrogen (secondary N) is 1. The van der Waals surface area contributed by atoms with Gasteiger partial charge in [0.2, 0.25) is 0 Å². The van der Waals surface area contributed by atoms with Crippen LogP contribution in [0.25, 0.3) is 0 Å². The zero-order valence-corrected chi connectivity index (χ0v) is 10.0. The van der Waals surface area contributed by atoms with Crippen molar-refractivity contribution >= 4 is 11.4 Å². The summed E-state index contributed by atoms with van der Waals surface area (Å²) in [6, 6.07) is 4.23. The molecule has 1 heterocycles. The Labute approximate surface area is 98.4 Å². The van der Waals surface area contributed by atoms with E-state index in [-0.39, 0.29) is 11.2 Å². The zero-order valence-electron chi connectivity index (χ0n) is 10.0. The Morgan fingerprint density at radius 3 is 2.53 bits per heavy atom. The lowest BCUT2D eigenvalue weighted by molar-refractivity contribution is -0.137. The lowest BCUT2D eigenvalue weighted by Gasteiger charge is -2.44. The van der Waals surface area contributed by atoms with Crippen LogP contribution >= 0.6 is 0 Å². The number of anilines is 2. The molecule has 94 valence electrons. The summed E-state index contributed by atoms with van der Waals surface area (Å²) in [5.41, 5.74) is -0.148. The van der Waals surface area contributed by atoms with Gasteiger partial charge in [0, 0.05) is 13.6 Å². The van der Waals surface area contributed by atoms with Crippen molar-refractivity contribution in [1.29, 1.82) is 0 Å². The highest BCUT2D eigenvalue weighted by atomic mass is 19.4. The molecule has 0 saturated carbocycles. The molecule has 0 spiro atoms. The van der Waals surface area contributed by atoms with E-state index >= 15 is 0 Å². The third-order valence-electron chi connectivity index (χ3n) is 3.30. The van der Waals surface area contributed by atoms with Gasteiger partial charge in [0.1, 0.15) is 0 Å². The highest BCUT2D eigenvalue weighted by Gasteiger charge is 2.40. The van der Waals surface area contributed by atoms with Gasteiger partial charge in [-0.05, 0) is 26.0 Å². The van der Waals surface area contributed by atoms with Crippen molar-refractivity contribution in [3.63, 3.8) is 0 Å². The van der Waals surface area contributed by atoms with E-state index in [1.54, 1.807) is 18.0 Å². The summed E-state index contributed by atoms with van der Waals surface area (Å²) in [5, 5.41) is 3.05. The minimum Gasteiger partial charge on any atom is -0.381 e. The number of para-hydroxylation sites is 1. The second-order valence-electron chi connectivity index (χ2n) is 4.92. The SMILES string of the molecule is CN1c2c(cccc2C(F)(F)F)NCC1(C)C. The van der Waals surface area contributed by atoms with Gasteiger partial charge in [-0.2, -0.15) is 13.2 Å². The molecule has 1 N–H and O–H groups in total. The summed E-state index contributed by atoms with van der Waals surface area (Å²) in [4.78, 5) is 1.70. The molecule has 1 aliphatic heterocycles. The summed E-state index contributed by atoms with van der Waals surface area (Å²) in [6.45, 7) is 4.45. The fourth-order valence-electron chi connectivity index (χ4n) is 2.01. The average Bonchev–Trinajstić information content (AvgIpc) is 2.22. The first-order valence-corrected chi connectivity index (χ1v) is 5.41. The van der Waals surface area contributed by atoms with Crippen molar-refractivity contribution in [2.75, 3.05) is 23.8 Å². The highest BCUT2D eigenvalue weighted by molar-refractivity contribution is 5.77. The largest absolute Gasteiger partial charge is 0.418 e. The monoisotopic (exact) mass is 244 g/mol. The number of benzene rings is 1. The van der Waals surface area contributed by atoms with Crippen molar-refractivity contribution < 1.29 is 13.2 Å². The van der Waals surface area contributed by atoms with E-state index in [4.69, 9.17) is 0 Å². The van der Waals surface area contributed by atoms with Crippen molar-refractivity contribution in [1.82, 2.24) is 0 Å². The highest BCUT2D eigenvalue weighted by Crippen LogP contribution is 2.44. The first kappa shape index (κ1) is 12.1. The second-order valence-corrected chi connectivity index (χ2v) is 4.92. The number of fused-ring (bicyclic) bond motifs is 1. The molecule has 1 aromatic rings. The van der Waals surface area contributed by atoms with Crippen molar-refractivity contribution in [2.24, 2.45) is 0 Å². The number of rotatable bonds is 0. The molecule has 0 fully saturated rings. The first-order chi connectivity index (χ1) is 7.73. The van der Waals surface area contributed by atoms with Crippen LogP contribution in [0.3, 0.4) is 0 Å². The molecule has 1 aromatic carbocycles. The number of halogens is 3. The van der Waals surface area contributed by atoms with Gasteiger partial charge in [0.05, 0.1) is 22.5 Å². The van der Waals surface area contributed by atoms with Crippen LogP contribution in [0.2, 0.25) is 0 Å². The van der Waals surface area contributed by atoms with Crippen LogP contribution in [0.4, 0.5) is 24.5 Å². The maximum absolute atomic E-state index is 12.9. The van der Waals surface area contributed by atoms with Crippen LogP contribution in [0.5, 0.6) is 0 Å². The van der Waals surface area contributed by atoms with Crippen molar-refractivity contribution in [2.45, 2.75) is 25.6 Å². The van der Waals surface area contributed by atoms with Gasteiger partial charge >= 0.3 is 6.18 Å². The van der Waals surface area contributed by atoms with Crippen LogP contribution in [0.1, 0.15) is 19.4 Å². The Morgan fingerprint density at radius 2 is 1.94 bits per heavy atom. The van der Waals surface area contributed by atoms with Gasteiger partial charge in [-0.3, -0.25) is 0 Å². The third kappa shape index (κ3) is 1.94. The van der Waals surface area contributed by atoms with E-state index in [2.05, 4.69) is 5.32 Å². The van der Waals surface area contributed by atoms with Crippen LogP contribution in [0, 0.1) is 0 Å². The Balaban J connectivity index is 2.61. The smallest absolute Gasteiger partial charge is 0.381 e. The van der Waals surface area contributed by atoms with E-state index in [0.29, 0.717) is 12.2 Å². The predicted octanol–water partition coefficient (Wildman–Crippen LogP) is 3.35. The van der Waals surface area contributed by atoms with Gasteiger partial charge in [0.25, 0.3) is 0 Å². The molecule has 0 radical (unpaired) electrons. The fourth-order valence-corrected chi connectivity index (χ4v) is 2.01. The molecule has 0 amide bonds. The van der Waals surface area contributed by atoms with E-state index in [9.17, 15) is 13.2 Å². The molecule has 17 heavy (non-hydrogen) atoms. The van der Waals surface area contributed by atoms with Gasteiger partial charge in [-0.15, -0.1) is 0 Å². The Hall–Kier alpha value is -1.39. The number of hydrogen-bond acceptors (Lipinski definition) is 2. The lowest BCUT2D eigenvalue weighted by Crippen LogP contribution is -2.50. The Morgan fingerprint density at radius 1 is 1.29 bits per heavy atom. The van der Waals surface area contributed by atoms with Gasteiger partial charge < -0.3 is 10.2 Å². The fraction of sp³-hybridized carbons (Fsp3) is 0.500. The van der Waals surface area contributed by atoms with Gasteiger partial charge in [-0.1, -0.05) is 6.07 Å². The second kappa shape index (κ2) is 3.55. The number of nitrogens with zero attached hydrogens (tertiary/aromatic N) is 1. The average molecular weight is 244 g/mol. The van der Waals surface area contributed by atoms with Crippen LogP contribution in [-0.2, 0) is 6.18 Å². The molecule has 5 heteroatoms. The minimum atomic E-state index is -4.32. The van der Waals surface area contributed by atoms with Crippen LogP contribution in [0.15, 0.2) is 18.2 Å². The normalized spacial score (nSPS) is 18.6. The van der Waals surface area contributed by atoms with E-state index < -0.39 is 11.7 Å². The maximum atomic E-state index is 12.9. The van der Waals surface area contributed by atoms with E-state index in [1.807, 2.05) is 13.8 Å². The topological polar surface area (TPSA) is 15.3 Å². The summed E-state index contributed by atoms with van der Waals surface area (Å²) < 4.78 is 38.8. The summed E-state index contributed by atoms with van der Waals surface area (Å²) in [6.07, 6.45) is -4.32. The number of likely N-dealkylation sites (N-methyl/N-ethyl adjacent to an activating group) is 1. The van der Waals surface area contributed by atoms with Gasteiger partial charge in [0.15, 0.2) is 0 Å². The maximum Gasteiger partial charge on any atom is 0.418 e. The molecule has 0 unspecified atom stereocenters. The molecule has 0 aliphatic carbocycles. The van der Waals surface area contributed by atoms with Crippen molar-refractivity contribution in [3.05, 3.63) is 23.8 Å². The van der Waals surface area contributed by atoms with Gasteiger partial charge in [-0.25, -0.2) is 0 Å². The lowest BCUT2D eigenvalue weighted by atomic mass is 9.96. The summed E-state index contributed by atoms with van der Waals surface area (Å²) in [5.74, 6) is 0. The zero-order chi connectivity index (χ0) is 12.8. The molecule has 2 nitrogen and oxygen atoms in total. The molecule has 0 bridgehead atoms. The Bertz CT molecular complexity index is 438. The summed E-state index contributed by atoms with van der Waals surface area (Å²) >= 11 is 0. The molecular formula is C12H15F3N2. The molecular weight excluding hydrogens is 229 g/mol. The molecule has 1 aliphatic rings. The molecule has 0 atom stereocenters. The number of hydrogen-bond donors (Lipinski definition) is 1. The number of alkyl halides is 3. The minimum absolute atomic E-state index is 0.233. The third-order valence-corrected chi connectivity index (χ3v) is 3.30. The van der Waals surface area contributed by atoms with E-state index in [0.717, 1.165) is 6.07 Å². The first-order valence-electron chi connectivity index (χ1n) is 5.41. The van der Waals surface area contributed by atoms with Crippen molar-refractivity contribution in [3.8, 4) is 0 Å². The predicted molar refractivity (Wildman–Crippen MR) is 62.4 cm³/mol. The van der Waals surface area contributed by atoms with E-state index in [1.165, 1.54) is 6.07 Å². The van der Waals surface area contributed by atoms with Crippen LogP contribution < -0.4 is 10.2 Å².